The van der Waals surface area contributed by atoms with Crippen LogP contribution in [0, 0.1) is 0 Å². The minimum absolute atomic E-state index is 0.0754. The van der Waals surface area contributed by atoms with Gasteiger partial charge in [0.2, 0.25) is 0 Å². The Morgan fingerprint density at radius 1 is 1.12 bits per heavy atom. The van der Waals surface area contributed by atoms with Gasteiger partial charge in [-0.1, -0.05) is 48.5 Å². The Morgan fingerprint density at radius 3 is 2.60 bits per heavy atom. The van der Waals surface area contributed by atoms with Crippen LogP contribution in [0.1, 0.15) is 11.3 Å². The van der Waals surface area contributed by atoms with Crippen LogP contribution in [0.2, 0.25) is 0 Å². The number of rotatable bonds is 6. The van der Waals surface area contributed by atoms with Crippen LogP contribution in [-0.2, 0) is 22.6 Å². The lowest BCUT2D eigenvalue weighted by atomic mass is 10.1. The number of hydrogen-bond donors (Lipinski definition) is 3. The van der Waals surface area contributed by atoms with E-state index in [1.165, 1.54) is 0 Å². The van der Waals surface area contributed by atoms with Gasteiger partial charge in [-0.2, -0.15) is 5.10 Å². The maximum absolute atomic E-state index is 11.9. The third-order valence-corrected chi connectivity index (χ3v) is 3.75. The number of aliphatic carboxylic acids is 1. The van der Waals surface area contributed by atoms with Crippen molar-refractivity contribution in [2.45, 2.75) is 19.1 Å². The number of ether oxygens (including phenoxy) is 1. The molecule has 0 fully saturated rings. The van der Waals surface area contributed by atoms with E-state index in [9.17, 15) is 14.7 Å². The summed E-state index contributed by atoms with van der Waals surface area (Å²) in [6.07, 6.45) is -0.698. The molecule has 3 aromatic rings. The summed E-state index contributed by atoms with van der Waals surface area (Å²) in [4.78, 5) is 23.4. The van der Waals surface area contributed by atoms with E-state index in [4.69, 9.17) is 4.74 Å². The number of amides is 1. The molecule has 0 aliphatic carbocycles. The maximum atomic E-state index is 11.9. The molecule has 25 heavy (non-hydrogen) atoms. The van der Waals surface area contributed by atoms with Crippen molar-refractivity contribution in [3.63, 3.8) is 0 Å². The molecule has 0 bridgehead atoms. The van der Waals surface area contributed by atoms with E-state index in [-0.39, 0.29) is 13.0 Å². The number of para-hydroxylation sites is 1. The number of carboxylic acid groups (broad SMARTS) is 1. The Kier molecular flexibility index (Phi) is 4.94. The summed E-state index contributed by atoms with van der Waals surface area (Å²) >= 11 is 0. The molecule has 2 aromatic carbocycles. The molecule has 0 saturated carbocycles. The molecule has 1 unspecified atom stereocenters. The summed E-state index contributed by atoms with van der Waals surface area (Å²) in [5, 5.41) is 19.5. The summed E-state index contributed by atoms with van der Waals surface area (Å²) in [7, 11) is 0. The van der Waals surface area contributed by atoms with Crippen LogP contribution in [0.25, 0.3) is 10.9 Å². The molecule has 0 aliphatic rings. The van der Waals surface area contributed by atoms with Crippen molar-refractivity contribution in [1.82, 2.24) is 15.5 Å². The highest BCUT2D eigenvalue weighted by molar-refractivity contribution is 5.84. The summed E-state index contributed by atoms with van der Waals surface area (Å²) in [6.45, 7) is 0.0754. The number of aromatic nitrogens is 2. The van der Waals surface area contributed by atoms with Crippen LogP contribution in [0.3, 0.4) is 0 Å². The number of aromatic amines is 1. The van der Waals surface area contributed by atoms with Crippen molar-refractivity contribution in [1.29, 1.82) is 0 Å². The maximum Gasteiger partial charge on any atom is 0.408 e. The SMILES string of the molecule is O=C(NC(Cc1[nH]nc2ccccc12)C(=O)O)OCc1ccccc1. The van der Waals surface area contributed by atoms with Crippen LogP contribution in [0.15, 0.2) is 54.6 Å². The first-order chi connectivity index (χ1) is 12.1. The zero-order chi connectivity index (χ0) is 17.6. The van der Waals surface area contributed by atoms with E-state index >= 15 is 0 Å². The molecule has 3 rings (SSSR count). The number of hydrogen-bond acceptors (Lipinski definition) is 4. The van der Waals surface area contributed by atoms with Crippen molar-refractivity contribution in [2.24, 2.45) is 0 Å². The van der Waals surface area contributed by atoms with Gasteiger partial charge in [0.15, 0.2) is 0 Å². The number of nitrogens with one attached hydrogen (secondary N) is 2. The number of H-pyrrole nitrogens is 1. The largest absolute Gasteiger partial charge is 0.480 e. The number of fused-ring (bicyclic) bond motifs is 1. The third-order valence-electron chi connectivity index (χ3n) is 3.75. The predicted molar refractivity (Wildman–Crippen MR) is 91.0 cm³/mol. The van der Waals surface area contributed by atoms with Gasteiger partial charge in [-0.05, 0) is 11.6 Å². The summed E-state index contributed by atoms with van der Waals surface area (Å²) in [5.41, 5.74) is 2.21. The van der Waals surface area contributed by atoms with Gasteiger partial charge in [-0.3, -0.25) is 5.10 Å². The fourth-order valence-corrected chi connectivity index (χ4v) is 2.48. The van der Waals surface area contributed by atoms with Crippen LogP contribution >= 0.6 is 0 Å². The van der Waals surface area contributed by atoms with Crippen molar-refractivity contribution in [3.05, 3.63) is 65.9 Å². The molecule has 0 saturated heterocycles. The van der Waals surface area contributed by atoms with Gasteiger partial charge >= 0.3 is 12.1 Å². The van der Waals surface area contributed by atoms with Gasteiger partial charge in [0, 0.05) is 17.5 Å². The van der Waals surface area contributed by atoms with Crippen molar-refractivity contribution in [2.75, 3.05) is 0 Å². The van der Waals surface area contributed by atoms with Crippen LogP contribution < -0.4 is 5.32 Å². The first-order valence-electron chi connectivity index (χ1n) is 7.75. The fraction of sp³-hybridized carbons (Fsp3) is 0.167. The van der Waals surface area contributed by atoms with E-state index in [0.29, 0.717) is 5.69 Å². The Morgan fingerprint density at radius 2 is 1.84 bits per heavy atom. The van der Waals surface area contributed by atoms with E-state index in [0.717, 1.165) is 16.5 Å². The molecule has 128 valence electrons. The molecule has 1 heterocycles. The Labute approximate surface area is 143 Å². The molecule has 1 aromatic heterocycles. The second kappa shape index (κ2) is 7.48. The van der Waals surface area contributed by atoms with Crippen LogP contribution in [-0.4, -0.2) is 33.4 Å². The minimum Gasteiger partial charge on any atom is -0.480 e. The zero-order valence-corrected chi connectivity index (χ0v) is 13.3. The highest BCUT2D eigenvalue weighted by Gasteiger charge is 2.23. The van der Waals surface area contributed by atoms with E-state index < -0.39 is 18.1 Å². The molecular formula is C18H17N3O4. The number of carbonyl (C=O) groups excluding carboxylic acids is 1. The van der Waals surface area contributed by atoms with Gasteiger partial charge in [0.1, 0.15) is 12.6 Å². The second-order valence-electron chi connectivity index (χ2n) is 5.52. The molecule has 1 amide bonds. The first-order valence-corrected chi connectivity index (χ1v) is 7.75. The lowest BCUT2D eigenvalue weighted by molar-refractivity contribution is -0.139. The highest BCUT2D eigenvalue weighted by atomic mass is 16.5. The number of carboxylic acids is 1. The van der Waals surface area contributed by atoms with Crippen molar-refractivity contribution in [3.8, 4) is 0 Å². The standard InChI is InChI=1S/C18H17N3O4/c22-17(23)16(10-15-13-8-4-5-9-14(13)20-21-15)19-18(24)25-11-12-6-2-1-3-7-12/h1-9,16H,10-11H2,(H,19,24)(H,20,21)(H,22,23). The molecule has 1 atom stereocenters. The molecule has 7 nitrogen and oxygen atoms in total. The Bertz CT molecular complexity index is 876. The number of alkyl carbamates (subject to hydrolysis) is 1. The van der Waals surface area contributed by atoms with E-state index in [1.807, 2.05) is 54.6 Å². The van der Waals surface area contributed by atoms with Gasteiger partial charge < -0.3 is 15.2 Å². The average Bonchev–Trinajstić information content (AvgIpc) is 3.03. The highest BCUT2D eigenvalue weighted by Crippen LogP contribution is 2.16. The molecule has 0 radical (unpaired) electrons. The normalized spacial score (nSPS) is 11.8. The van der Waals surface area contributed by atoms with E-state index in [2.05, 4.69) is 15.5 Å². The minimum atomic E-state index is -1.14. The topological polar surface area (TPSA) is 104 Å². The van der Waals surface area contributed by atoms with Crippen molar-refractivity contribution < 1.29 is 19.4 Å². The number of carbonyl (C=O) groups is 2. The monoisotopic (exact) mass is 339 g/mol. The molecule has 0 aliphatic heterocycles. The Hall–Kier alpha value is -3.35. The van der Waals surface area contributed by atoms with Crippen LogP contribution in [0.4, 0.5) is 4.79 Å². The quantitative estimate of drug-likeness (QED) is 0.640. The van der Waals surface area contributed by atoms with E-state index in [1.54, 1.807) is 0 Å². The molecule has 7 heteroatoms. The van der Waals surface area contributed by atoms with Gasteiger partial charge in [-0.25, -0.2) is 9.59 Å². The number of nitrogens with zero attached hydrogens (tertiary/aromatic N) is 1. The molecule has 3 N–H and O–H groups in total. The molecular weight excluding hydrogens is 322 g/mol. The zero-order valence-electron chi connectivity index (χ0n) is 13.3. The number of benzene rings is 2. The summed E-state index contributed by atoms with van der Waals surface area (Å²) < 4.78 is 5.08. The third kappa shape index (κ3) is 4.14. The lowest BCUT2D eigenvalue weighted by Crippen LogP contribution is -2.42. The van der Waals surface area contributed by atoms with Gasteiger partial charge in [-0.15, -0.1) is 0 Å². The summed E-state index contributed by atoms with van der Waals surface area (Å²) in [5.74, 6) is -1.14. The smallest absolute Gasteiger partial charge is 0.408 e. The first kappa shape index (κ1) is 16.5. The fourth-order valence-electron chi connectivity index (χ4n) is 2.48. The lowest BCUT2D eigenvalue weighted by Gasteiger charge is -2.14. The summed E-state index contributed by atoms with van der Waals surface area (Å²) in [6, 6.07) is 15.4. The second-order valence-corrected chi connectivity index (χ2v) is 5.52. The Balaban J connectivity index is 1.63. The predicted octanol–water partition coefficient (Wildman–Crippen LogP) is 2.49. The molecule has 0 spiro atoms. The van der Waals surface area contributed by atoms with Gasteiger partial charge in [0.05, 0.1) is 5.52 Å². The van der Waals surface area contributed by atoms with Crippen molar-refractivity contribution >= 4 is 23.0 Å². The van der Waals surface area contributed by atoms with Gasteiger partial charge in [0.25, 0.3) is 0 Å². The average molecular weight is 339 g/mol. The van der Waals surface area contributed by atoms with Crippen LogP contribution in [0.5, 0.6) is 0 Å².